The molecule has 0 saturated heterocycles. The van der Waals surface area contributed by atoms with Gasteiger partial charge >= 0.3 is 0 Å². The van der Waals surface area contributed by atoms with Crippen LogP contribution in [0.4, 0.5) is 11.4 Å². The monoisotopic (exact) mass is 244 g/mol. The number of nitrogens with two attached hydrogens (primary N) is 1. The van der Waals surface area contributed by atoms with Crippen molar-refractivity contribution in [1.29, 1.82) is 0 Å². The lowest BCUT2D eigenvalue weighted by Crippen LogP contribution is -2.08. The van der Waals surface area contributed by atoms with Gasteiger partial charge in [-0.25, -0.2) is 0 Å². The first-order valence-electron chi connectivity index (χ1n) is 6.17. The Morgan fingerprint density at radius 3 is 2.44 bits per heavy atom. The van der Waals surface area contributed by atoms with E-state index >= 15 is 0 Å². The highest BCUT2D eigenvalue weighted by atomic mass is 16.3. The predicted octanol–water partition coefficient (Wildman–Crippen LogP) is 3.96. The third-order valence-electron chi connectivity index (χ3n) is 3.12. The molecule has 3 heteroatoms. The van der Waals surface area contributed by atoms with E-state index in [0.29, 0.717) is 0 Å². The highest BCUT2D eigenvalue weighted by Crippen LogP contribution is 2.28. The summed E-state index contributed by atoms with van der Waals surface area (Å²) in [7, 11) is 0. The van der Waals surface area contributed by atoms with Gasteiger partial charge in [0.05, 0.1) is 17.4 Å². The van der Waals surface area contributed by atoms with Gasteiger partial charge in [0.1, 0.15) is 11.5 Å². The number of hydrogen-bond acceptors (Lipinski definition) is 3. The molecule has 0 amide bonds. The molecule has 0 aliphatic carbocycles. The smallest absolute Gasteiger partial charge is 0.106 e. The first-order valence-corrected chi connectivity index (χ1v) is 6.17. The van der Waals surface area contributed by atoms with E-state index in [1.165, 1.54) is 11.1 Å². The summed E-state index contributed by atoms with van der Waals surface area (Å²) in [6.45, 7) is 8.09. The molecule has 96 valence electrons. The van der Waals surface area contributed by atoms with Crippen molar-refractivity contribution in [3.63, 3.8) is 0 Å². The summed E-state index contributed by atoms with van der Waals surface area (Å²) in [5.74, 6) is 1.89. The molecule has 0 aliphatic rings. The molecule has 0 aliphatic heterocycles. The number of anilines is 2. The molecule has 1 aromatic heterocycles. The fraction of sp³-hybridized carbons (Fsp3) is 0.333. The van der Waals surface area contributed by atoms with Crippen LogP contribution in [0.25, 0.3) is 0 Å². The molecule has 0 saturated carbocycles. The second-order valence-corrected chi connectivity index (χ2v) is 4.83. The summed E-state index contributed by atoms with van der Waals surface area (Å²) >= 11 is 0. The van der Waals surface area contributed by atoms with Crippen LogP contribution in [0.1, 0.15) is 35.6 Å². The van der Waals surface area contributed by atoms with Crippen molar-refractivity contribution >= 4 is 11.4 Å². The van der Waals surface area contributed by atoms with Crippen LogP contribution in [0, 0.1) is 20.8 Å². The lowest BCUT2D eigenvalue weighted by atomic mass is 10.1. The molecule has 18 heavy (non-hydrogen) atoms. The second kappa shape index (κ2) is 4.77. The van der Waals surface area contributed by atoms with E-state index in [1.807, 2.05) is 32.9 Å². The highest BCUT2D eigenvalue weighted by molar-refractivity contribution is 5.67. The van der Waals surface area contributed by atoms with Gasteiger partial charge in [0.2, 0.25) is 0 Å². The van der Waals surface area contributed by atoms with Crippen LogP contribution in [0.2, 0.25) is 0 Å². The average Bonchev–Trinajstić information content (AvgIpc) is 2.62. The largest absolute Gasteiger partial charge is 0.466 e. The molecule has 3 N–H and O–H groups in total. The van der Waals surface area contributed by atoms with Crippen LogP contribution < -0.4 is 11.1 Å². The lowest BCUT2D eigenvalue weighted by molar-refractivity contribution is 0.500. The van der Waals surface area contributed by atoms with E-state index in [4.69, 9.17) is 10.2 Å². The summed E-state index contributed by atoms with van der Waals surface area (Å²) in [6.07, 6.45) is 0. The Hall–Kier alpha value is -1.90. The summed E-state index contributed by atoms with van der Waals surface area (Å²) in [6, 6.07) is 8.29. The maximum absolute atomic E-state index is 6.01. The van der Waals surface area contributed by atoms with Gasteiger partial charge in [-0.05, 0) is 51.5 Å². The average molecular weight is 244 g/mol. The lowest BCUT2D eigenvalue weighted by Gasteiger charge is -2.16. The van der Waals surface area contributed by atoms with E-state index in [9.17, 15) is 0 Å². The highest BCUT2D eigenvalue weighted by Gasteiger charge is 2.13. The van der Waals surface area contributed by atoms with Gasteiger partial charge in [-0.3, -0.25) is 0 Å². The zero-order valence-electron chi connectivity index (χ0n) is 11.4. The molecule has 0 spiro atoms. The molecule has 1 heterocycles. The van der Waals surface area contributed by atoms with Crippen molar-refractivity contribution in [3.05, 3.63) is 46.9 Å². The first-order chi connectivity index (χ1) is 8.47. The molecule has 1 atom stereocenters. The van der Waals surface area contributed by atoms with Gasteiger partial charge in [-0.15, -0.1) is 0 Å². The normalized spacial score (nSPS) is 12.4. The number of furan rings is 1. The molecule has 2 rings (SSSR count). The molecule has 1 unspecified atom stereocenters. The van der Waals surface area contributed by atoms with Gasteiger partial charge in [-0.1, -0.05) is 6.07 Å². The Kier molecular flexibility index (Phi) is 3.32. The van der Waals surface area contributed by atoms with Gasteiger partial charge in [0, 0.05) is 5.56 Å². The summed E-state index contributed by atoms with van der Waals surface area (Å²) in [5, 5.41) is 3.42. The quantitative estimate of drug-likeness (QED) is 0.803. The van der Waals surface area contributed by atoms with E-state index in [-0.39, 0.29) is 6.04 Å². The van der Waals surface area contributed by atoms with Crippen molar-refractivity contribution in [2.45, 2.75) is 33.7 Å². The topological polar surface area (TPSA) is 51.2 Å². The third kappa shape index (κ3) is 2.50. The zero-order valence-corrected chi connectivity index (χ0v) is 11.4. The zero-order chi connectivity index (χ0) is 13.3. The second-order valence-electron chi connectivity index (χ2n) is 4.83. The van der Waals surface area contributed by atoms with Crippen LogP contribution >= 0.6 is 0 Å². The van der Waals surface area contributed by atoms with Gasteiger partial charge in [0.25, 0.3) is 0 Å². The van der Waals surface area contributed by atoms with Crippen molar-refractivity contribution < 1.29 is 4.42 Å². The SMILES string of the molecule is Cc1ccc(NC(C)c2cc(C)oc2C)c(N)c1. The maximum atomic E-state index is 6.01. The molecule has 1 aromatic carbocycles. The maximum Gasteiger partial charge on any atom is 0.106 e. The molecule has 0 fully saturated rings. The molecular formula is C15H20N2O. The summed E-state index contributed by atoms with van der Waals surface area (Å²) in [5.41, 5.74) is 10.1. The molecule has 3 nitrogen and oxygen atoms in total. The Morgan fingerprint density at radius 1 is 1.17 bits per heavy atom. The summed E-state index contributed by atoms with van der Waals surface area (Å²) in [4.78, 5) is 0. The van der Waals surface area contributed by atoms with Crippen LogP contribution in [0.3, 0.4) is 0 Å². The Labute approximate surface area is 108 Å². The number of benzene rings is 1. The standard InChI is InChI=1S/C15H20N2O/c1-9-5-6-15(14(16)7-9)17-11(3)13-8-10(2)18-12(13)4/h5-8,11,17H,16H2,1-4H3. The van der Waals surface area contributed by atoms with Crippen LogP contribution in [0.5, 0.6) is 0 Å². The third-order valence-corrected chi connectivity index (χ3v) is 3.12. The minimum atomic E-state index is 0.174. The number of hydrogen-bond donors (Lipinski definition) is 2. The van der Waals surface area contributed by atoms with Crippen LogP contribution in [0.15, 0.2) is 28.7 Å². The first kappa shape index (κ1) is 12.6. The number of nitrogen functional groups attached to an aromatic ring is 1. The van der Waals surface area contributed by atoms with Crippen LogP contribution in [-0.2, 0) is 0 Å². The number of aryl methyl sites for hydroxylation is 3. The Balaban J connectivity index is 2.21. The fourth-order valence-corrected chi connectivity index (χ4v) is 2.20. The van der Waals surface area contributed by atoms with Crippen molar-refractivity contribution in [2.75, 3.05) is 11.1 Å². The van der Waals surface area contributed by atoms with Gasteiger partial charge < -0.3 is 15.5 Å². The molecule has 0 bridgehead atoms. The van der Waals surface area contributed by atoms with E-state index in [2.05, 4.69) is 24.4 Å². The number of nitrogens with one attached hydrogen (secondary N) is 1. The van der Waals surface area contributed by atoms with Gasteiger partial charge in [-0.2, -0.15) is 0 Å². The predicted molar refractivity (Wildman–Crippen MR) is 75.8 cm³/mol. The van der Waals surface area contributed by atoms with E-state index in [1.54, 1.807) is 0 Å². The minimum absolute atomic E-state index is 0.174. The van der Waals surface area contributed by atoms with Crippen molar-refractivity contribution in [1.82, 2.24) is 0 Å². The molecular weight excluding hydrogens is 224 g/mol. The molecule has 2 aromatic rings. The summed E-state index contributed by atoms with van der Waals surface area (Å²) < 4.78 is 5.55. The fourth-order valence-electron chi connectivity index (χ4n) is 2.20. The Bertz CT molecular complexity index is 558. The minimum Gasteiger partial charge on any atom is -0.466 e. The van der Waals surface area contributed by atoms with E-state index < -0.39 is 0 Å². The number of rotatable bonds is 3. The van der Waals surface area contributed by atoms with Gasteiger partial charge in [0.15, 0.2) is 0 Å². The van der Waals surface area contributed by atoms with Crippen molar-refractivity contribution in [3.8, 4) is 0 Å². The Morgan fingerprint density at radius 2 is 1.89 bits per heavy atom. The van der Waals surface area contributed by atoms with Crippen molar-refractivity contribution in [2.24, 2.45) is 0 Å². The molecule has 0 radical (unpaired) electrons. The van der Waals surface area contributed by atoms with Crippen LogP contribution in [-0.4, -0.2) is 0 Å². The van der Waals surface area contributed by atoms with E-state index in [0.717, 1.165) is 22.9 Å².